The lowest BCUT2D eigenvalue weighted by Crippen LogP contribution is -2.41. The van der Waals surface area contributed by atoms with Gasteiger partial charge in [-0.3, -0.25) is 5.43 Å². The predicted octanol–water partition coefficient (Wildman–Crippen LogP) is 11.6. The fraction of sp³-hybridized carbons (Fsp3) is 0.971. The fourth-order valence-electron chi connectivity index (χ4n) is 5.14. The molecule has 4 heteroatoms. The predicted molar refractivity (Wildman–Crippen MR) is 168 cm³/mol. The van der Waals surface area contributed by atoms with E-state index in [4.69, 9.17) is 4.74 Å². The summed E-state index contributed by atoms with van der Waals surface area (Å²) < 4.78 is 5.19. The van der Waals surface area contributed by atoms with E-state index in [0.29, 0.717) is 0 Å². The first kappa shape index (κ1) is 37.2. The normalized spacial score (nSPS) is 11.7. The number of carbonyl (C=O) groups excluding carboxylic acids is 1. The minimum atomic E-state index is -0.447. The highest BCUT2D eigenvalue weighted by molar-refractivity contribution is 5.66. The second-order valence-corrected chi connectivity index (χ2v) is 12.7. The van der Waals surface area contributed by atoms with E-state index in [2.05, 4.69) is 17.8 Å². The van der Waals surface area contributed by atoms with Crippen LogP contribution >= 0.6 is 0 Å². The number of carbonyl (C=O) groups is 1. The van der Waals surface area contributed by atoms with Crippen LogP contribution in [0.1, 0.15) is 201 Å². The maximum atomic E-state index is 11.5. The van der Waals surface area contributed by atoms with Crippen molar-refractivity contribution in [3.05, 3.63) is 0 Å². The summed E-state index contributed by atoms with van der Waals surface area (Å²) in [5.74, 6) is 0. The van der Waals surface area contributed by atoms with Crippen molar-refractivity contribution in [1.29, 1.82) is 0 Å². The molecular weight excluding hydrogens is 468 g/mol. The molecule has 38 heavy (non-hydrogen) atoms. The van der Waals surface area contributed by atoms with E-state index in [1.54, 1.807) is 0 Å². The topological polar surface area (TPSA) is 50.4 Å². The number of unbranched alkanes of at least 4 members (excludes halogenated alkanes) is 26. The quantitative estimate of drug-likeness (QED) is 0.0735. The van der Waals surface area contributed by atoms with Crippen LogP contribution in [0.4, 0.5) is 4.79 Å². The van der Waals surface area contributed by atoms with E-state index in [9.17, 15) is 4.79 Å². The first-order chi connectivity index (χ1) is 18.5. The Labute approximate surface area is 239 Å². The van der Waals surface area contributed by atoms with Gasteiger partial charge in [-0.1, -0.05) is 174 Å². The summed E-state index contributed by atoms with van der Waals surface area (Å²) in [6.07, 6.45) is 37.9. The van der Waals surface area contributed by atoms with Crippen molar-refractivity contribution in [3.8, 4) is 0 Å². The summed E-state index contributed by atoms with van der Waals surface area (Å²) in [5, 5.41) is 0. The zero-order valence-corrected chi connectivity index (χ0v) is 26.6. The van der Waals surface area contributed by atoms with E-state index in [1.807, 2.05) is 20.8 Å². The van der Waals surface area contributed by atoms with Crippen molar-refractivity contribution in [2.75, 3.05) is 6.54 Å². The molecule has 0 atom stereocenters. The van der Waals surface area contributed by atoms with Gasteiger partial charge in [-0.2, -0.15) is 0 Å². The van der Waals surface area contributed by atoms with E-state index in [0.717, 1.165) is 13.0 Å². The Morgan fingerprint density at radius 3 is 1.00 bits per heavy atom. The molecule has 0 aliphatic heterocycles. The summed E-state index contributed by atoms with van der Waals surface area (Å²) in [7, 11) is 0. The van der Waals surface area contributed by atoms with Crippen LogP contribution in [0.25, 0.3) is 0 Å². The zero-order valence-electron chi connectivity index (χ0n) is 26.6. The van der Waals surface area contributed by atoms with E-state index in [-0.39, 0.29) is 0 Å². The van der Waals surface area contributed by atoms with Crippen LogP contribution in [0.3, 0.4) is 0 Å². The van der Waals surface area contributed by atoms with Crippen LogP contribution in [-0.4, -0.2) is 18.2 Å². The van der Waals surface area contributed by atoms with Crippen LogP contribution in [-0.2, 0) is 4.74 Å². The maximum absolute atomic E-state index is 11.5. The van der Waals surface area contributed by atoms with Crippen molar-refractivity contribution in [3.63, 3.8) is 0 Å². The van der Waals surface area contributed by atoms with E-state index < -0.39 is 11.7 Å². The molecule has 0 aromatic carbocycles. The van der Waals surface area contributed by atoms with E-state index >= 15 is 0 Å². The summed E-state index contributed by atoms with van der Waals surface area (Å²) in [4.78, 5) is 11.5. The molecule has 0 aliphatic carbocycles. The molecule has 0 heterocycles. The van der Waals surface area contributed by atoms with Crippen LogP contribution in [0, 0.1) is 0 Å². The minimum absolute atomic E-state index is 0.400. The first-order valence-electron chi connectivity index (χ1n) is 17.2. The second-order valence-electron chi connectivity index (χ2n) is 12.7. The molecule has 0 unspecified atom stereocenters. The highest BCUT2D eigenvalue weighted by atomic mass is 16.6. The van der Waals surface area contributed by atoms with Gasteiger partial charge in [-0.15, -0.1) is 0 Å². The molecule has 0 aromatic heterocycles. The Morgan fingerprint density at radius 1 is 0.474 bits per heavy atom. The third-order valence-electron chi connectivity index (χ3n) is 7.49. The summed E-state index contributed by atoms with van der Waals surface area (Å²) in [5.41, 5.74) is 5.10. The third-order valence-corrected chi connectivity index (χ3v) is 7.49. The number of ether oxygens (including phenoxy) is 1. The number of hydrazine groups is 1. The van der Waals surface area contributed by atoms with Gasteiger partial charge in [0.2, 0.25) is 0 Å². The molecule has 0 aliphatic rings. The monoisotopic (exact) mass is 539 g/mol. The number of nitrogens with one attached hydrogen (secondary N) is 2. The molecule has 0 aromatic rings. The molecule has 0 rings (SSSR count). The molecular formula is C34H70N2O2. The zero-order chi connectivity index (χ0) is 28.0. The lowest BCUT2D eigenvalue weighted by molar-refractivity contribution is 0.0498. The number of hydrogen-bond acceptors (Lipinski definition) is 3. The van der Waals surface area contributed by atoms with Gasteiger partial charge in [0.05, 0.1) is 0 Å². The second kappa shape index (κ2) is 29.2. The van der Waals surface area contributed by atoms with Gasteiger partial charge in [-0.05, 0) is 27.2 Å². The molecule has 0 spiro atoms. The van der Waals surface area contributed by atoms with Crippen LogP contribution in [0.15, 0.2) is 0 Å². The summed E-state index contributed by atoms with van der Waals surface area (Å²) in [6, 6.07) is 0. The minimum Gasteiger partial charge on any atom is -0.443 e. The molecule has 0 saturated heterocycles. The van der Waals surface area contributed by atoms with Gasteiger partial charge < -0.3 is 4.74 Å². The summed E-state index contributed by atoms with van der Waals surface area (Å²) in [6.45, 7) is 8.71. The van der Waals surface area contributed by atoms with E-state index in [1.165, 1.54) is 167 Å². The van der Waals surface area contributed by atoms with Crippen LogP contribution < -0.4 is 10.9 Å². The lowest BCUT2D eigenvalue weighted by atomic mass is 10.0. The Morgan fingerprint density at radius 2 is 0.737 bits per heavy atom. The lowest BCUT2D eigenvalue weighted by Gasteiger charge is -2.19. The number of hydrogen-bond donors (Lipinski definition) is 2. The molecule has 0 fully saturated rings. The van der Waals surface area contributed by atoms with Crippen molar-refractivity contribution in [1.82, 2.24) is 10.9 Å². The molecule has 1 amide bonds. The molecule has 2 N–H and O–H groups in total. The standard InChI is InChI=1S/C34H70N2O2/c1-5-6-7-8-9-10-11-12-13-14-15-16-17-18-19-20-21-22-23-24-25-26-27-28-29-30-31-32-35-36-33(37)38-34(2,3)4/h35H,5-32H2,1-4H3,(H,36,37). The van der Waals surface area contributed by atoms with Gasteiger partial charge in [0.15, 0.2) is 0 Å². The average molecular weight is 539 g/mol. The highest BCUT2D eigenvalue weighted by Crippen LogP contribution is 2.16. The molecule has 228 valence electrons. The van der Waals surface area contributed by atoms with Crippen LogP contribution in [0.2, 0.25) is 0 Å². The third kappa shape index (κ3) is 33.3. The number of amides is 1. The molecule has 0 radical (unpaired) electrons. The molecule has 0 saturated carbocycles. The molecule has 0 bridgehead atoms. The van der Waals surface area contributed by atoms with Crippen molar-refractivity contribution >= 4 is 6.09 Å². The Hall–Kier alpha value is -0.770. The summed E-state index contributed by atoms with van der Waals surface area (Å²) >= 11 is 0. The smallest absolute Gasteiger partial charge is 0.422 e. The van der Waals surface area contributed by atoms with Crippen LogP contribution in [0.5, 0.6) is 0 Å². The Balaban J connectivity index is 3.09. The fourth-order valence-corrected chi connectivity index (χ4v) is 5.14. The van der Waals surface area contributed by atoms with Crippen molar-refractivity contribution < 1.29 is 9.53 Å². The number of rotatable bonds is 29. The largest absolute Gasteiger partial charge is 0.443 e. The van der Waals surface area contributed by atoms with Gasteiger partial charge in [0.25, 0.3) is 0 Å². The van der Waals surface area contributed by atoms with Crippen molar-refractivity contribution in [2.45, 2.75) is 207 Å². The highest BCUT2D eigenvalue weighted by Gasteiger charge is 2.15. The SMILES string of the molecule is CCCCCCCCCCCCCCCCCCCCCCCCCCCCCNNC(=O)OC(C)(C)C. The van der Waals surface area contributed by atoms with Crippen molar-refractivity contribution in [2.24, 2.45) is 0 Å². The van der Waals surface area contributed by atoms with Gasteiger partial charge in [0.1, 0.15) is 5.60 Å². The van der Waals surface area contributed by atoms with Gasteiger partial charge in [-0.25, -0.2) is 10.2 Å². The average Bonchev–Trinajstić information content (AvgIpc) is 2.86. The van der Waals surface area contributed by atoms with Gasteiger partial charge in [0, 0.05) is 6.54 Å². The Bertz CT molecular complexity index is 476. The maximum Gasteiger partial charge on any atom is 0.422 e. The van der Waals surface area contributed by atoms with Gasteiger partial charge >= 0.3 is 6.09 Å². The Kier molecular flexibility index (Phi) is 28.6. The first-order valence-corrected chi connectivity index (χ1v) is 17.2. The molecule has 4 nitrogen and oxygen atoms in total.